The van der Waals surface area contributed by atoms with Crippen molar-refractivity contribution in [3.63, 3.8) is 0 Å². The van der Waals surface area contributed by atoms with Crippen LogP contribution in [0.25, 0.3) is 50.8 Å². The van der Waals surface area contributed by atoms with Crippen LogP contribution in [0.1, 0.15) is 49.1 Å². The summed E-state index contributed by atoms with van der Waals surface area (Å²) in [4.78, 5) is 15.3. The molecule has 0 N–H and O–H groups in total. The highest BCUT2D eigenvalue weighted by molar-refractivity contribution is 6.03. The monoisotopic (exact) mass is 518 g/mol. The van der Waals surface area contributed by atoms with Crippen LogP contribution >= 0.6 is 0 Å². The Morgan fingerprint density at radius 3 is 1.95 bits per heavy atom. The van der Waals surface area contributed by atoms with Crippen LogP contribution in [-0.4, -0.2) is 19.5 Å². The van der Waals surface area contributed by atoms with Crippen molar-refractivity contribution in [2.75, 3.05) is 0 Å². The van der Waals surface area contributed by atoms with E-state index in [1.807, 2.05) is 36.4 Å². The van der Waals surface area contributed by atoms with E-state index in [2.05, 4.69) is 79.1 Å². The van der Waals surface area contributed by atoms with Crippen LogP contribution in [0.2, 0.25) is 0 Å². The summed E-state index contributed by atoms with van der Waals surface area (Å²) in [6, 6.07) is 34.2. The van der Waals surface area contributed by atoms with Crippen LogP contribution in [0, 0.1) is 0 Å². The van der Waals surface area contributed by atoms with Crippen LogP contribution in [0.5, 0.6) is 0 Å². The van der Waals surface area contributed by atoms with E-state index in [9.17, 15) is 0 Å². The highest BCUT2D eigenvalue weighted by atomic mass is 15.2. The van der Waals surface area contributed by atoms with Crippen molar-refractivity contribution in [3.05, 3.63) is 119 Å². The van der Waals surface area contributed by atoms with Crippen molar-refractivity contribution >= 4 is 10.9 Å². The van der Waals surface area contributed by atoms with Crippen molar-refractivity contribution in [2.45, 2.75) is 44.9 Å². The van der Waals surface area contributed by atoms with E-state index in [0.717, 1.165) is 24.0 Å². The van der Waals surface area contributed by atoms with Crippen molar-refractivity contribution in [1.82, 2.24) is 19.5 Å². The van der Waals surface area contributed by atoms with Gasteiger partial charge in [-0.2, -0.15) is 9.97 Å². The summed E-state index contributed by atoms with van der Waals surface area (Å²) >= 11 is 0. The Balaban J connectivity index is 1.49. The standard InChI is InChI=1S/C36H30N4/c1-36(2)28-19-11-9-18-27(28)31-29(36)22-21-26-25-17-10-12-20-30(25)40(32(26)31)35-38-33(23-13-5-3-6-14-23)37-34(39-35)24-15-7-4-8-16-24/h3-9,11,13-16,18-19,21-22H,10,12,17,20H2,1-2H3. The third-order valence-corrected chi connectivity index (χ3v) is 8.87. The molecule has 6 aromatic rings. The molecule has 0 fully saturated rings. The van der Waals surface area contributed by atoms with Gasteiger partial charge in [0.2, 0.25) is 5.95 Å². The fourth-order valence-corrected chi connectivity index (χ4v) is 6.93. The number of rotatable bonds is 3. The Morgan fingerprint density at radius 2 is 1.25 bits per heavy atom. The number of benzene rings is 4. The minimum Gasteiger partial charge on any atom is -0.281 e. The highest BCUT2D eigenvalue weighted by Gasteiger charge is 2.38. The van der Waals surface area contributed by atoms with Gasteiger partial charge in [-0.3, -0.25) is 4.57 Å². The molecule has 0 saturated carbocycles. The zero-order valence-electron chi connectivity index (χ0n) is 22.9. The molecule has 2 aromatic heterocycles. The second kappa shape index (κ2) is 8.72. The van der Waals surface area contributed by atoms with Gasteiger partial charge in [0.15, 0.2) is 11.6 Å². The van der Waals surface area contributed by atoms with Gasteiger partial charge in [-0.05, 0) is 47.9 Å². The molecule has 4 aromatic carbocycles. The second-order valence-corrected chi connectivity index (χ2v) is 11.5. The number of fused-ring (bicyclic) bond motifs is 7. The lowest BCUT2D eigenvalue weighted by Gasteiger charge is -2.21. The lowest BCUT2D eigenvalue weighted by molar-refractivity contribution is 0.660. The molecule has 194 valence electrons. The first-order chi connectivity index (χ1) is 19.6. The summed E-state index contributed by atoms with van der Waals surface area (Å²) in [5.74, 6) is 2.10. The third kappa shape index (κ3) is 3.35. The highest BCUT2D eigenvalue weighted by Crippen LogP contribution is 2.52. The molecule has 0 bridgehead atoms. The van der Waals surface area contributed by atoms with Crippen molar-refractivity contribution in [1.29, 1.82) is 0 Å². The smallest absolute Gasteiger partial charge is 0.238 e. The zero-order valence-corrected chi connectivity index (χ0v) is 22.9. The molecule has 4 heteroatoms. The van der Waals surface area contributed by atoms with E-state index < -0.39 is 0 Å². The molecule has 40 heavy (non-hydrogen) atoms. The lowest BCUT2D eigenvalue weighted by Crippen LogP contribution is -2.15. The number of aromatic nitrogens is 4. The van der Waals surface area contributed by atoms with Gasteiger partial charge in [0, 0.05) is 33.2 Å². The molecule has 0 radical (unpaired) electrons. The quantitative estimate of drug-likeness (QED) is 0.236. The van der Waals surface area contributed by atoms with Crippen LogP contribution in [0.3, 0.4) is 0 Å². The minimum absolute atomic E-state index is 0.0702. The fourth-order valence-electron chi connectivity index (χ4n) is 6.93. The zero-order chi connectivity index (χ0) is 26.8. The Kier molecular flexibility index (Phi) is 5.09. The molecule has 4 nitrogen and oxygen atoms in total. The molecule has 0 spiro atoms. The summed E-state index contributed by atoms with van der Waals surface area (Å²) in [7, 11) is 0. The topological polar surface area (TPSA) is 43.6 Å². The molecule has 2 aliphatic carbocycles. The third-order valence-electron chi connectivity index (χ3n) is 8.87. The molecule has 0 amide bonds. The van der Waals surface area contributed by atoms with E-state index in [4.69, 9.17) is 15.0 Å². The Bertz CT molecular complexity index is 1860. The van der Waals surface area contributed by atoms with E-state index >= 15 is 0 Å². The largest absolute Gasteiger partial charge is 0.281 e. The maximum atomic E-state index is 5.19. The van der Waals surface area contributed by atoms with Crippen molar-refractivity contribution in [3.8, 4) is 39.9 Å². The molecule has 0 saturated heterocycles. The van der Waals surface area contributed by atoms with Gasteiger partial charge in [0.25, 0.3) is 0 Å². The number of aryl methyl sites for hydroxylation is 1. The first-order valence-electron chi connectivity index (χ1n) is 14.3. The summed E-state index contributed by atoms with van der Waals surface area (Å²) in [5, 5.41) is 1.34. The SMILES string of the molecule is CC1(C)c2ccccc2-c2c1ccc1c3c(n(-c4nc(-c5ccccc5)nc(-c5ccccc5)n4)c21)CCCC3. The van der Waals surface area contributed by atoms with E-state index in [1.54, 1.807) is 0 Å². The maximum Gasteiger partial charge on any atom is 0.238 e. The number of hydrogen-bond donors (Lipinski definition) is 0. The van der Waals surface area contributed by atoms with Crippen molar-refractivity contribution < 1.29 is 0 Å². The lowest BCUT2D eigenvalue weighted by atomic mass is 9.82. The summed E-state index contributed by atoms with van der Waals surface area (Å²) in [6.45, 7) is 4.70. The Labute approximate surface area is 234 Å². The van der Waals surface area contributed by atoms with Crippen LogP contribution in [0.15, 0.2) is 97.1 Å². The summed E-state index contributed by atoms with van der Waals surface area (Å²) < 4.78 is 2.39. The average Bonchev–Trinajstić information content (AvgIpc) is 3.47. The van der Waals surface area contributed by atoms with E-state index in [-0.39, 0.29) is 5.41 Å². The van der Waals surface area contributed by atoms with E-state index in [0.29, 0.717) is 17.6 Å². The molecule has 0 unspecified atom stereocenters. The molecule has 0 aliphatic heterocycles. The molecular formula is C36H30N4. The molecule has 8 rings (SSSR count). The summed E-state index contributed by atoms with van der Waals surface area (Å²) in [5.41, 5.74) is 11.4. The predicted octanol–water partition coefficient (Wildman–Crippen LogP) is 8.33. The van der Waals surface area contributed by atoms with Gasteiger partial charge >= 0.3 is 0 Å². The first kappa shape index (κ1) is 23.3. The number of hydrogen-bond acceptors (Lipinski definition) is 3. The molecule has 0 atom stereocenters. The minimum atomic E-state index is -0.0702. The Morgan fingerprint density at radius 1 is 0.625 bits per heavy atom. The number of nitrogens with zero attached hydrogens (tertiary/aromatic N) is 4. The van der Waals surface area contributed by atoms with Gasteiger partial charge < -0.3 is 0 Å². The molecular weight excluding hydrogens is 488 g/mol. The van der Waals surface area contributed by atoms with Gasteiger partial charge in [-0.25, -0.2) is 4.98 Å². The van der Waals surface area contributed by atoms with Gasteiger partial charge in [0.05, 0.1) is 5.52 Å². The van der Waals surface area contributed by atoms with Gasteiger partial charge in [-0.15, -0.1) is 0 Å². The molecule has 2 aliphatic rings. The first-order valence-corrected chi connectivity index (χ1v) is 14.3. The van der Waals surface area contributed by atoms with Gasteiger partial charge in [-0.1, -0.05) is 111 Å². The maximum absolute atomic E-state index is 5.19. The van der Waals surface area contributed by atoms with Crippen LogP contribution in [-0.2, 0) is 18.3 Å². The fraction of sp³-hybridized carbons (Fsp3) is 0.194. The van der Waals surface area contributed by atoms with Crippen LogP contribution < -0.4 is 0 Å². The van der Waals surface area contributed by atoms with Crippen LogP contribution in [0.4, 0.5) is 0 Å². The van der Waals surface area contributed by atoms with Gasteiger partial charge in [0.1, 0.15) is 0 Å². The normalized spacial score (nSPS) is 15.1. The average molecular weight is 519 g/mol. The predicted molar refractivity (Wildman–Crippen MR) is 162 cm³/mol. The van der Waals surface area contributed by atoms with E-state index in [1.165, 1.54) is 57.3 Å². The molecule has 2 heterocycles. The second-order valence-electron chi connectivity index (χ2n) is 11.5. The van der Waals surface area contributed by atoms with Crippen molar-refractivity contribution in [2.24, 2.45) is 0 Å². The summed E-state index contributed by atoms with van der Waals surface area (Å²) in [6.07, 6.45) is 4.50. The Hall–Kier alpha value is -4.57.